The number of carbonyl (C=O) groups is 1. The third kappa shape index (κ3) is 3.98. The molecular weight excluding hydrogens is 226 g/mol. The van der Waals surface area contributed by atoms with Gasteiger partial charge in [0.1, 0.15) is 0 Å². The maximum atomic E-state index is 12.4. The highest BCUT2D eigenvalue weighted by molar-refractivity contribution is 5.77. The summed E-state index contributed by atoms with van der Waals surface area (Å²) in [6, 6.07) is 0. The van der Waals surface area contributed by atoms with Crippen molar-refractivity contribution in [2.45, 2.75) is 59.3 Å². The van der Waals surface area contributed by atoms with E-state index in [0.29, 0.717) is 12.5 Å². The number of esters is 1. The fraction of sp³-hybridized carbons (Fsp3) is 0.933. The van der Waals surface area contributed by atoms with Crippen molar-refractivity contribution in [3.63, 3.8) is 0 Å². The lowest BCUT2D eigenvalue weighted by Gasteiger charge is -2.35. The molecule has 1 heterocycles. The maximum absolute atomic E-state index is 12.4. The van der Waals surface area contributed by atoms with Crippen molar-refractivity contribution in [3.05, 3.63) is 0 Å². The molecule has 18 heavy (non-hydrogen) atoms. The zero-order valence-electron chi connectivity index (χ0n) is 12.3. The van der Waals surface area contributed by atoms with E-state index in [4.69, 9.17) is 4.74 Å². The van der Waals surface area contributed by atoms with Crippen molar-refractivity contribution in [1.29, 1.82) is 0 Å². The Bertz CT molecular complexity index is 237. The van der Waals surface area contributed by atoms with Gasteiger partial charge >= 0.3 is 5.97 Å². The predicted octanol–water partition coefficient (Wildman–Crippen LogP) is 3.14. The van der Waals surface area contributed by atoms with Crippen molar-refractivity contribution in [1.82, 2.24) is 5.32 Å². The summed E-state index contributed by atoms with van der Waals surface area (Å²) >= 11 is 0. The number of carbonyl (C=O) groups excluding carboxylic acids is 1. The van der Waals surface area contributed by atoms with E-state index in [9.17, 15) is 4.79 Å². The summed E-state index contributed by atoms with van der Waals surface area (Å²) < 4.78 is 5.61. The van der Waals surface area contributed by atoms with Gasteiger partial charge in [0.25, 0.3) is 0 Å². The van der Waals surface area contributed by atoms with Crippen LogP contribution in [0, 0.1) is 11.3 Å². The molecule has 1 aliphatic rings. The Hall–Kier alpha value is -0.570. The molecule has 0 radical (unpaired) electrons. The summed E-state index contributed by atoms with van der Waals surface area (Å²) in [5, 5.41) is 3.33. The van der Waals surface area contributed by atoms with Gasteiger partial charge in [-0.05, 0) is 38.3 Å². The van der Waals surface area contributed by atoms with Gasteiger partial charge in [0.05, 0.1) is 12.0 Å². The zero-order valence-corrected chi connectivity index (χ0v) is 12.3. The molecule has 1 N–H and O–H groups in total. The van der Waals surface area contributed by atoms with Gasteiger partial charge in [-0.2, -0.15) is 0 Å². The summed E-state index contributed by atoms with van der Waals surface area (Å²) in [6.45, 7) is 8.96. The van der Waals surface area contributed by atoms with Gasteiger partial charge < -0.3 is 10.1 Å². The molecule has 0 aromatic heterocycles. The molecule has 1 aliphatic heterocycles. The van der Waals surface area contributed by atoms with E-state index >= 15 is 0 Å². The number of piperidine rings is 1. The van der Waals surface area contributed by atoms with Crippen LogP contribution < -0.4 is 5.32 Å². The van der Waals surface area contributed by atoms with Crippen LogP contribution in [0.25, 0.3) is 0 Å². The molecule has 0 spiro atoms. The third-order valence-electron chi connectivity index (χ3n) is 4.33. The van der Waals surface area contributed by atoms with Crippen LogP contribution in [0.1, 0.15) is 59.3 Å². The van der Waals surface area contributed by atoms with Crippen LogP contribution in [0.3, 0.4) is 0 Å². The lowest BCUT2D eigenvalue weighted by atomic mass is 9.75. The zero-order chi connectivity index (χ0) is 13.4. The molecule has 1 fully saturated rings. The monoisotopic (exact) mass is 255 g/mol. The Morgan fingerprint density at radius 3 is 2.33 bits per heavy atom. The van der Waals surface area contributed by atoms with E-state index in [0.717, 1.165) is 51.6 Å². The van der Waals surface area contributed by atoms with Crippen molar-refractivity contribution < 1.29 is 9.53 Å². The minimum Gasteiger partial charge on any atom is -0.465 e. The highest BCUT2D eigenvalue weighted by Gasteiger charge is 2.40. The van der Waals surface area contributed by atoms with Crippen LogP contribution in [0.4, 0.5) is 0 Å². The Morgan fingerprint density at radius 2 is 1.83 bits per heavy atom. The summed E-state index contributed by atoms with van der Waals surface area (Å²) in [4.78, 5) is 12.4. The lowest BCUT2D eigenvalue weighted by Crippen LogP contribution is -2.43. The normalized spacial score (nSPS) is 18.9. The Balaban J connectivity index is 2.54. The number of ether oxygens (including phenoxy) is 1. The van der Waals surface area contributed by atoms with Gasteiger partial charge in [-0.15, -0.1) is 0 Å². The molecule has 0 amide bonds. The minimum absolute atomic E-state index is 0.0535. The first-order valence-corrected chi connectivity index (χ1v) is 7.56. The van der Waals surface area contributed by atoms with Gasteiger partial charge in [-0.1, -0.05) is 40.0 Å². The van der Waals surface area contributed by atoms with Crippen molar-refractivity contribution in [2.24, 2.45) is 11.3 Å². The summed E-state index contributed by atoms with van der Waals surface area (Å²) in [5.74, 6) is 0.576. The molecule has 1 saturated heterocycles. The molecule has 0 unspecified atom stereocenters. The fourth-order valence-electron chi connectivity index (χ4n) is 2.81. The van der Waals surface area contributed by atoms with Gasteiger partial charge in [0.15, 0.2) is 0 Å². The number of hydrogen-bond donors (Lipinski definition) is 1. The Morgan fingerprint density at radius 1 is 1.22 bits per heavy atom. The average molecular weight is 255 g/mol. The largest absolute Gasteiger partial charge is 0.465 e. The van der Waals surface area contributed by atoms with E-state index in [1.165, 1.54) is 0 Å². The van der Waals surface area contributed by atoms with Crippen molar-refractivity contribution >= 4 is 5.97 Å². The molecule has 0 bridgehead atoms. The molecule has 0 aromatic carbocycles. The van der Waals surface area contributed by atoms with Crippen LogP contribution >= 0.6 is 0 Å². The van der Waals surface area contributed by atoms with Crippen molar-refractivity contribution in [2.75, 3.05) is 19.7 Å². The molecule has 0 aliphatic carbocycles. The molecule has 3 heteroatoms. The first kappa shape index (κ1) is 15.5. The molecule has 0 aromatic rings. The molecule has 0 saturated carbocycles. The van der Waals surface area contributed by atoms with E-state index in [2.05, 4.69) is 26.1 Å². The van der Waals surface area contributed by atoms with Crippen LogP contribution in [-0.4, -0.2) is 25.7 Å². The second-order valence-corrected chi connectivity index (χ2v) is 5.56. The van der Waals surface area contributed by atoms with Crippen molar-refractivity contribution in [3.8, 4) is 0 Å². The minimum atomic E-state index is -0.202. The molecule has 1 rings (SSSR count). The topological polar surface area (TPSA) is 38.3 Å². The van der Waals surface area contributed by atoms with E-state index in [-0.39, 0.29) is 11.4 Å². The average Bonchev–Trinajstić information content (AvgIpc) is 2.41. The second kappa shape index (κ2) is 7.78. The van der Waals surface area contributed by atoms with Gasteiger partial charge in [-0.3, -0.25) is 4.79 Å². The SMILES string of the molecule is CCCC1(C(=O)OCC(CC)CC)CCNCC1. The first-order chi connectivity index (χ1) is 8.68. The van der Waals surface area contributed by atoms with Crippen LogP contribution in [-0.2, 0) is 9.53 Å². The molecule has 0 atom stereocenters. The van der Waals surface area contributed by atoms with Crippen LogP contribution in [0.5, 0.6) is 0 Å². The Labute approximate surface area is 112 Å². The van der Waals surface area contributed by atoms with Crippen LogP contribution in [0.15, 0.2) is 0 Å². The van der Waals surface area contributed by atoms with E-state index < -0.39 is 0 Å². The fourth-order valence-corrected chi connectivity index (χ4v) is 2.81. The van der Waals surface area contributed by atoms with Crippen LogP contribution in [0.2, 0.25) is 0 Å². The lowest BCUT2D eigenvalue weighted by molar-refractivity contribution is -0.160. The van der Waals surface area contributed by atoms with Gasteiger partial charge in [0, 0.05) is 0 Å². The highest BCUT2D eigenvalue weighted by atomic mass is 16.5. The standard InChI is InChI=1S/C15H29NO2/c1-4-7-15(8-10-16-11-9-15)14(17)18-12-13(5-2)6-3/h13,16H,4-12H2,1-3H3. The second-order valence-electron chi connectivity index (χ2n) is 5.56. The van der Waals surface area contributed by atoms with Gasteiger partial charge in [0.2, 0.25) is 0 Å². The smallest absolute Gasteiger partial charge is 0.312 e. The highest BCUT2D eigenvalue weighted by Crippen LogP contribution is 2.35. The quantitative estimate of drug-likeness (QED) is 0.710. The van der Waals surface area contributed by atoms with E-state index in [1.807, 2.05) is 0 Å². The molecule has 3 nitrogen and oxygen atoms in total. The summed E-state index contributed by atoms with van der Waals surface area (Å²) in [6.07, 6.45) is 6.07. The van der Waals surface area contributed by atoms with Gasteiger partial charge in [-0.25, -0.2) is 0 Å². The number of hydrogen-bond acceptors (Lipinski definition) is 3. The maximum Gasteiger partial charge on any atom is 0.312 e. The first-order valence-electron chi connectivity index (χ1n) is 7.56. The summed E-state index contributed by atoms with van der Waals surface area (Å²) in [5.41, 5.74) is -0.202. The molecular formula is C15H29NO2. The number of rotatable bonds is 7. The number of nitrogens with one attached hydrogen (secondary N) is 1. The van der Waals surface area contributed by atoms with E-state index in [1.54, 1.807) is 0 Å². The predicted molar refractivity (Wildman–Crippen MR) is 74.5 cm³/mol. The third-order valence-corrected chi connectivity index (χ3v) is 4.33. The Kier molecular flexibility index (Phi) is 6.69. The summed E-state index contributed by atoms with van der Waals surface area (Å²) in [7, 11) is 0. The molecule has 106 valence electrons.